The van der Waals surface area contributed by atoms with E-state index in [-0.39, 0.29) is 10.2 Å². The average Bonchev–Trinajstić information content (AvgIpc) is 2.30. The van der Waals surface area contributed by atoms with Gasteiger partial charge < -0.3 is 0 Å². The van der Waals surface area contributed by atoms with Crippen molar-refractivity contribution in [2.24, 2.45) is 0 Å². The fourth-order valence-electron chi connectivity index (χ4n) is 1.65. The number of hydrogen-bond acceptors (Lipinski definition) is 5. The maximum Gasteiger partial charge on any atom is 0.256 e. The summed E-state index contributed by atoms with van der Waals surface area (Å²) in [6.45, 7) is 1.46. The van der Waals surface area contributed by atoms with E-state index in [1.165, 1.54) is 12.4 Å². The first-order valence-corrected chi connectivity index (χ1v) is 7.19. The third-order valence-corrected chi connectivity index (χ3v) is 4.04. The maximum atomic E-state index is 11.9. The van der Waals surface area contributed by atoms with Crippen LogP contribution in [0.25, 0.3) is 0 Å². The van der Waals surface area contributed by atoms with Crippen LogP contribution in [-0.2, 0) is 10.0 Å². The van der Waals surface area contributed by atoms with Crippen LogP contribution in [0.1, 0.15) is 19.3 Å². The van der Waals surface area contributed by atoms with Crippen molar-refractivity contribution in [3.63, 3.8) is 0 Å². The number of hydrazine groups is 1. The van der Waals surface area contributed by atoms with Gasteiger partial charge in [0.1, 0.15) is 4.90 Å². The molecule has 0 amide bonds. The van der Waals surface area contributed by atoms with Gasteiger partial charge >= 0.3 is 0 Å². The maximum absolute atomic E-state index is 11.9. The molecule has 6 nitrogen and oxygen atoms in total. The Bertz CT molecular complexity index is 470. The van der Waals surface area contributed by atoms with E-state index in [9.17, 15) is 8.42 Å². The van der Waals surface area contributed by atoms with E-state index < -0.39 is 10.0 Å². The van der Waals surface area contributed by atoms with Crippen molar-refractivity contribution in [2.45, 2.75) is 24.2 Å². The fraction of sp³-hybridized carbons (Fsp3) is 0.556. The van der Waals surface area contributed by atoms with Gasteiger partial charge in [0.25, 0.3) is 10.0 Å². The Labute approximate surface area is 105 Å². The molecule has 0 aliphatic carbocycles. The summed E-state index contributed by atoms with van der Waals surface area (Å²) in [6.07, 6.45) is 5.53. The lowest BCUT2D eigenvalue weighted by Crippen LogP contribution is -2.44. The van der Waals surface area contributed by atoms with E-state index in [4.69, 9.17) is 11.6 Å². The number of nitrogens with one attached hydrogen (secondary N) is 1. The van der Waals surface area contributed by atoms with Gasteiger partial charge in [-0.2, -0.15) is 0 Å². The molecule has 1 saturated heterocycles. The van der Waals surface area contributed by atoms with Crippen LogP contribution in [0.2, 0.25) is 5.28 Å². The molecule has 1 fully saturated rings. The smallest absolute Gasteiger partial charge is 0.230 e. The molecule has 0 unspecified atom stereocenters. The van der Waals surface area contributed by atoms with E-state index in [1.807, 2.05) is 0 Å². The summed E-state index contributed by atoms with van der Waals surface area (Å²) < 4.78 is 23.9. The van der Waals surface area contributed by atoms with E-state index >= 15 is 0 Å². The van der Waals surface area contributed by atoms with Crippen molar-refractivity contribution in [3.05, 3.63) is 17.7 Å². The summed E-state index contributed by atoms with van der Waals surface area (Å²) in [5.74, 6) is 0. The summed E-state index contributed by atoms with van der Waals surface area (Å²) in [7, 11) is -3.58. The summed E-state index contributed by atoms with van der Waals surface area (Å²) in [5.41, 5.74) is 0. The highest BCUT2D eigenvalue weighted by Crippen LogP contribution is 2.11. The zero-order valence-electron chi connectivity index (χ0n) is 9.13. The predicted molar refractivity (Wildman–Crippen MR) is 62.8 cm³/mol. The van der Waals surface area contributed by atoms with E-state index in [0.717, 1.165) is 32.4 Å². The van der Waals surface area contributed by atoms with Gasteiger partial charge in [0, 0.05) is 13.1 Å². The minimum Gasteiger partial charge on any atom is -0.230 e. The van der Waals surface area contributed by atoms with E-state index in [2.05, 4.69) is 14.8 Å². The molecule has 0 bridgehead atoms. The van der Waals surface area contributed by atoms with Crippen molar-refractivity contribution in [1.29, 1.82) is 0 Å². The third kappa shape index (κ3) is 3.35. The summed E-state index contributed by atoms with van der Waals surface area (Å²) in [6, 6.07) is 0. The normalized spacial score (nSPS) is 18.2. The van der Waals surface area contributed by atoms with Crippen molar-refractivity contribution < 1.29 is 8.42 Å². The molecular formula is C9H13ClN4O2S. The average molecular weight is 277 g/mol. The number of aromatic nitrogens is 2. The molecule has 8 heteroatoms. The van der Waals surface area contributed by atoms with Crippen LogP contribution in [-0.4, -0.2) is 36.5 Å². The van der Waals surface area contributed by atoms with Gasteiger partial charge in [-0.15, -0.1) is 4.83 Å². The number of nitrogens with zero attached hydrogens (tertiary/aromatic N) is 3. The molecular weight excluding hydrogens is 264 g/mol. The lowest BCUT2D eigenvalue weighted by atomic mass is 10.2. The summed E-state index contributed by atoms with van der Waals surface area (Å²) in [5, 5.41) is 1.73. The summed E-state index contributed by atoms with van der Waals surface area (Å²) >= 11 is 5.51. The summed E-state index contributed by atoms with van der Waals surface area (Å²) in [4.78, 5) is 9.84. The predicted octanol–water partition coefficient (Wildman–Crippen LogP) is 0.809. The van der Waals surface area contributed by atoms with Gasteiger partial charge in [-0.25, -0.2) is 23.4 Å². The Morgan fingerprint density at radius 3 is 2.35 bits per heavy atom. The lowest BCUT2D eigenvalue weighted by molar-refractivity contribution is 0.200. The van der Waals surface area contributed by atoms with Crippen molar-refractivity contribution in [2.75, 3.05) is 13.1 Å². The molecule has 1 N–H and O–H groups in total. The number of rotatable bonds is 3. The van der Waals surface area contributed by atoms with Crippen LogP contribution in [0.5, 0.6) is 0 Å². The number of hydrogen-bond donors (Lipinski definition) is 1. The first-order valence-electron chi connectivity index (χ1n) is 5.33. The first-order chi connectivity index (χ1) is 8.08. The van der Waals surface area contributed by atoms with Crippen LogP contribution >= 0.6 is 11.6 Å². The Balaban J connectivity index is 2.10. The molecule has 1 aliphatic rings. The highest BCUT2D eigenvalue weighted by Gasteiger charge is 2.20. The highest BCUT2D eigenvalue weighted by molar-refractivity contribution is 7.89. The van der Waals surface area contributed by atoms with Crippen LogP contribution in [0.3, 0.4) is 0 Å². The number of halogens is 1. The Hall–Kier alpha value is -0.760. The zero-order valence-corrected chi connectivity index (χ0v) is 10.7. The van der Waals surface area contributed by atoms with Gasteiger partial charge in [-0.05, 0) is 24.4 Å². The third-order valence-electron chi connectivity index (χ3n) is 2.51. The van der Waals surface area contributed by atoms with Crippen LogP contribution in [0.15, 0.2) is 17.3 Å². The first kappa shape index (κ1) is 12.7. The number of sulfonamides is 1. The minimum absolute atomic E-state index is 0.0208. The lowest BCUT2D eigenvalue weighted by Gasteiger charge is -2.26. The van der Waals surface area contributed by atoms with Crippen LogP contribution in [0.4, 0.5) is 0 Å². The van der Waals surface area contributed by atoms with Crippen molar-refractivity contribution >= 4 is 21.6 Å². The fourth-order valence-corrected chi connectivity index (χ4v) is 2.76. The molecule has 0 spiro atoms. The second-order valence-corrected chi connectivity index (χ2v) is 5.83. The van der Waals surface area contributed by atoms with Gasteiger partial charge in [0.05, 0.1) is 12.4 Å². The molecule has 0 saturated carbocycles. The van der Waals surface area contributed by atoms with Gasteiger partial charge in [0.2, 0.25) is 5.28 Å². The molecule has 0 atom stereocenters. The monoisotopic (exact) mass is 276 g/mol. The Morgan fingerprint density at radius 2 is 1.76 bits per heavy atom. The highest BCUT2D eigenvalue weighted by atomic mass is 35.5. The zero-order chi connectivity index (χ0) is 12.3. The molecule has 2 heterocycles. The second-order valence-electron chi connectivity index (χ2n) is 3.83. The van der Waals surface area contributed by atoms with Gasteiger partial charge in [0.15, 0.2) is 0 Å². The quantitative estimate of drug-likeness (QED) is 0.827. The number of piperidine rings is 1. The Morgan fingerprint density at radius 1 is 1.18 bits per heavy atom. The SMILES string of the molecule is O=S(=O)(NN1CCCCC1)c1cnc(Cl)nc1. The molecule has 0 radical (unpaired) electrons. The van der Waals surface area contributed by atoms with E-state index in [0.29, 0.717) is 0 Å². The largest absolute Gasteiger partial charge is 0.256 e. The molecule has 2 rings (SSSR count). The molecule has 17 heavy (non-hydrogen) atoms. The standard InChI is InChI=1S/C9H13ClN4O2S/c10-9-11-6-8(7-12-9)17(15,16)13-14-4-2-1-3-5-14/h6-7,13H,1-5H2. The van der Waals surface area contributed by atoms with Crippen LogP contribution in [0, 0.1) is 0 Å². The second kappa shape index (κ2) is 5.26. The molecule has 1 aromatic rings. The molecule has 1 aliphatic heterocycles. The van der Waals surface area contributed by atoms with Gasteiger partial charge in [-0.3, -0.25) is 0 Å². The molecule has 94 valence electrons. The minimum atomic E-state index is -3.58. The molecule has 1 aromatic heterocycles. The topological polar surface area (TPSA) is 75.2 Å². The van der Waals surface area contributed by atoms with Crippen molar-refractivity contribution in [3.8, 4) is 0 Å². The van der Waals surface area contributed by atoms with Gasteiger partial charge in [-0.1, -0.05) is 6.42 Å². The Kier molecular flexibility index (Phi) is 3.93. The van der Waals surface area contributed by atoms with Crippen molar-refractivity contribution in [1.82, 2.24) is 19.8 Å². The molecule has 0 aromatic carbocycles. The van der Waals surface area contributed by atoms with E-state index in [1.54, 1.807) is 5.01 Å². The van der Waals surface area contributed by atoms with Crippen LogP contribution < -0.4 is 4.83 Å².